The van der Waals surface area contributed by atoms with Crippen molar-refractivity contribution in [3.63, 3.8) is 0 Å². The van der Waals surface area contributed by atoms with Gasteiger partial charge in [-0.25, -0.2) is 0 Å². The van der Waals surface area contributed by atoms with Gasteiger partial charge in [0.25, 0.3) is 0 Å². The van der Waals surface area contributed by atoms with Crippen LogP contribution in [0.15, 0.2) is 0 Å². The molecule has 0 aromatic heterocycles. The molecule has 2 aliphatic rings. The molecule has 0 amide bonds. The smallest absolute Gasteiger partial charge is 0.180 e. The van der Waals surface area contributed by atoms with Crippen molar-refractivity contribution in [1.29, 1.82) is 0 Å². The van der Waals surface area contributed by atoms with Gasteiger partial charge in [0.1, 0.15) is 0 Å². The van der Waals surface area contributed by atoms with Crippen LogP contribution >= 0.6 is 0 Å². The van der Waals surface area contributed by atoms with Crippen LogP contribution in [0.1, 0.15) is 27.7 Å². The van der Waals surface area contributed by atoms with Gasteiger partial charge < -0.3 is 9.47 Å². The predicted octanol–water partition coefficient (Wildman–Crippen LogP) is 1.80. The van der Waals surface area contributed by atoms with Crippen molar-refractivity contribution < 1.29 is 9.47 Å². The molecule has 2 fully saturated rings. The topological polar surface area (TPSA) is 18.5 Å². The van der Waals surface area contributed by atoms with E-state index < -0.39 is 0 Å². The maximum absolute atomic E-state index is 5.66. The van der Waals surface area contributed by atoms with Crippen LogP contribution in [0.25, 0.3) is 0 Å². The van der Waals surface area contributed by atoms with Crippen LogP contribution < -0.4 is 0 Å². The Hall–Kier alpha value is -0.0800. The van der Waals surface area contributed by atoms with E-state index in [9.17, 15) is 0 Å². The van der Waals surface area contributed by atoms with E-state index in [1.54, 1.807) is 0 Å². The summed E-state index contributed by atoms with van der Waals surface area (Å²) in [6.45, 7) is 10.3. The first-order valence-electron chi connectivity index (χ1n) is 4.24. The molecule has 1 aliphatic heterocycles. The lowest BCUT2D eigenvalue weighted by atomic mass is 10.0. The summed E-state index contributed by atoms with van der Waals surface area (Å²) in [5.74, 6) is -0.264. The Morgan fingerprint density at radius 1 is 0.818 bits per heavy atom. The normalized spacial score (nSPS) is 36.0. The van der Waals surface area contributed by atoms with Crippen LogP contribution in [-0.2, 0) is 9.47 Å². The van der Waals surface area contributed by atoms with E-state index in [4.69, 9.17) is 9.47 Å². The molecular weight excluding hydrogens is 140 g/mol. The van der Waals surface area contributed by atoms with E-state index in [0.717, 1.165) is 13.2 Å². The van der Waals surface area contributed by atoms with Crippen molar-refractivity contribution in [3.05, 3.63) is 0 Å². The molecular formula is C9H16O2. The predicted molar refractivity (Wildman–Crippen MR) is 42.2 cm³/mol. The minimum atomic E-state index is -0.264. The van der Waals surface area contributed by atoms with Crippen molar-refractivity contribution >= 4 is 0 Å². The van der Waals surface area contributed by atoms with Gasteiger partial charge in [0.15, 0.2) is 5.79 Å². The lowest BCUT2D eigenvalue weighted by molar-refractivity contribution is -0.113. The Kier molecular flexibility index (Phi) is 1.13. The molecule has 0 aromatic rings. The molecule has 1 saturated heterocycles. The van der Waals surface area contributed by atoms with Gasteiger partial charge in [-0.3, -0.25) is 0 Å². The van der Waals surface area contributed by atoms with E-state index >= 15 is 0 Å². The third kappa shape index (κ3) is 0.541. The molecule has 11 heavy (non-hydrogen) atoms. The first-order chi connectivity index (χ1) is 4.96. The molecule has 1 heterocycles. The summed E-state index contributed by atoms with van der Waals surface area (Å²) in [4.78, 5) is 0. The monoisotopic (exact) mass is 156 g/mol. The lowest BCUT2D eigenvalue weighted by Crippen LogP contribution is -2.19. The number of hydrogen-bond donors (Lipinski definition) is 0. The quantitative estimate of drug-likeness (QED) is 0.532. The van der Waals surface area contributed by atoms with Crippen molar-refractivity contribution in [2.24, 2.45) is 10.8 Å². The molecule has 0 unspecified atom stereocenters. The fraction of sp³-hybridized carbons (Fsp3) is 1.00. The fourth-order valence-corrected chi connectivity index (χ4v) is 2.34. The Morgan fingerprint density at radius 2 is 1.18 bits per heavy atom. The summed E-state index contributed by atoms with van der Waals surface area (Å²) in [5.41, 5.74) is 0.354. The zero-order valence-electron chi connectivity index (χ0n) is 7.73. The summed E-state index contributed by atoms with van der Waals surface area (Å²) < 4.78 is 11.3. The second-order valence-electron chi connectivity index (χ2n) is 4.56. The summed E-state index contributed by atoms with van der Waals surface area (Å²) in [5, 5.41) is 0. The SMILES string of the molecule is CC1(C)C(C)(C)C12OCCO2. The molecule has 2 heteroatoms. The van der Waals surface area contributed by atoms with Gasteiger partial charge in [-0.2, -0.15) is 0 Å². The fourth-order valence-electron chi connectivity index (χ4n) is 2.34. The van der Waals surface area contributed by atoms with Crippen LogP contribution in [-0.4, -0.2) is 19.0 Å². The highest BCUT2D eigenvalue weighted by molar-refractivity contribution is 5.22. The zero-order valence-corrected chi connectivity index (χ0v) is 7.73. The Bertz CT molecular complexity index is 172. The highest BCUT2D eigenvalue weighted by atomic mass is 16.8. The summed E-state index contributed by atoms with van der Waals surface area (Å²) in [6, 6.07) is 0. The third-order valence-electron chi connectivity index (χ3n) is 3.84. The van der Waals surface area contributed by atoms with Crippen molar-refractivity contribution in [1.82, 2.24) is 0 Å². The van der Waals surface area contributed by atoms with Gasteiger partial charge in [-0.15, -0.1) is 0 Å². The van der Waals surface area contributed by atoms with Crippen molar-refractivity contribution in [2.45, 2.75) is 33.5 Å². The zero-order chi connectivity index (χ0) is 8.33. The summed E-state index contributed by atoms with van der Waals surface area (Å²) >= 11 is 0. The van der Waals surface area contributed by atoms with Crippen LogP contribution in [0.3, 0.4) is 0 Å². The third-order valence-corrected chi connectivity index (χ3v) is 3.84. The molecule has 0 N–H and O–H groups in total. The average Bonchev–Trinajstić information content (AvgIpc) is 2.41. The van der Waals surface area contributed by atoms with Crippen molar-refractivity contribution in [3.8, 4) is 0 Å². The second kappa shape index (κ2) is 1.64. The Balaban J connectivity index is 2.31. The second-order valence-corrected chi connectivity index (χ2v) is 4.56. The maximum atomic E-state index is 5.66. The first-order valence-corrected chi connectivity index (χ1v) is 4.24. The van der Waals surface area contributed by atoms with Gasteiger partial charge in [0, 0.05) is 10.8 Å². The maximum Gasteiger partial charge on any atom is 0.180 e. The van der Waals surface area contributed by atoms with Gasteiger partial charge >= 0.3 is 0 Å². The van der Waals surface area contributed by atoms with Gasteiger partial charge in [0.05, 0.1) is 13.2 Å². The Morgan fingerprint density at radius 3 is 1.36 bits per heavy atom. The van der Waals surface area contributed by atoms with Gasteiger partial charge in [-0.1, -0.05) is 27.7 Å². The minimum Gasteiger partial charge on any atom is -0.346 e. The number of rotatable bonds is 0. The number of ether oxygens (including phenoxy) is 2. The van der Waals surface area contributed by atoms with E-state index in [1.165, 1.54) is 0 Å². The van der Waals surface area contributed by atoms with Gasteiger partial charge in [0.2, 0.25) is 0 Å². The minimum absolute atomic E-state index is 0.177. The molecule has 0 radical (unpaired) electrons. The molecule has 1 aliphatic carbocycles. The highest BCUT2D eigenvalue weighted by Crippen LogP contribution is 2.74. The van der Waals surface area contributed by atoms with E-state index in [0.29, 0.717) is 0 Å². The van der Waals surface area contributed by atoms with E-state index in [2.05, 4.69) is 27.7 Å². The Labute approximate surface area is 67.9 Å². The molecule has 2 rings (SSSR count). The molecule has 2 nitrogen and oxygen atoms in total. The molecule has 0 atom stereocenters. The van der Waals surface area contributed by atoms with Crippen LogP contribution in [0.4, 0.5) is 0 Å². The highest BCUT2D eigenvalue weighted by Gasteiger charge is 2.81. The van der Waals surface area contributed by atoms with Crippen LogP contribution in [0.2, 0.25) is 0 Å². The lowest BCUT2D eigenvalue weighted by Gasteiger charge is -2.11. The molecule has 1 spiro atoms. The molecule has 0 bridgehead atoms. The standard InChI is InChI=1S/C9H16O2/c1-7(2)8(3,4)9(7)10-5-6-11-9/h5-6H2,1-4H3. The largest absolute Gasteiger partial charge is 0.346 e. The molecule has 64 valence electrons. The summed E-state index contributed by atoms with van der Waals surface area (Å²) in [6.07, 6.45) is 0. The van der Waals surface area contributed by atoms with E-state index in [-0.39, 0.29) is 16.6 Å². The van der Waals surface area contributed by atoms with Crippen LogP contribution in [0.5, 0.6) is 0 Å². The number of hydrogen-bond acceptors (Lipinski definition) is 2. The van der Waals surface area contributed by atoms with Gasteiger partial charge in [-0.05, 0) is 0 Å². The van der Waals surface area contributed by atoms with E-state index in [1.807, 2.05) is 0 Å². The first kappa shape index (κ1) is 7.56. The van der Waals surface area contributed by atoms with Crippen molar-refractivity contribution in [2.75, 3.05) is 13.2 Å². The average molecular weight is 156 g/mol. The summed E-state index contributed by atoms with van der Waals surface area (Å²) in [7, 11) is 0. The van der Waals surface area contributed by atoms with Crippen LogP contribution in [0, 0.1) is 10.8 Å². The molecule has 0 aromatic carbocycles. The molecule has 1 saturated carbocycles.